The van der Waals surface area contributed by atoms with Crippen molar-refractivity contribution in [3.63, 3.8) is 0 Å². The first-order valence-corrected chi connectivity index (χ1v) is 16.0. The molecular formula is C38H52N2. The van der Waals surface area contributed by atoms with Gasteiger partial charge in [0.1, 0.15) is 0 Å². The van der Waals surface area contributed by atoms with Gasteiger partial charge in [0.05, 0.1) is 0 Å². The summed E-state index contributed by atoms with van der Waals surface area (Å²) in [6, 6.07) is 19.5. The van der Waals surface area contributed by atoms with E-state index in [1.165, 1.54) is 120 Å². The van der Waals surface area contributed by atoms with Crippen molar-refractivity contribution in [1.29, 1.82) is 0 Å². The van der Waals surface area contributed by atoms with Crippen LogP contribution in [0.2, 0.25) is 0 Å². The number of aryl methyl sites for hydroxylation is 2. The predicted molar refractivity (Wildman–Crippen MR) is 175 cm³/mol. The van der Waals surface area contributed by atoms with E-state index in [9.17, 15) is 0 Å². The largest absolute Gasteiger partial charge is 0.344 e. The lowest BCUT2D eigenvalue weighted by Crippen LogP contribution is -2.35. The van der Waals surface area contributed by atoms with Crippen LogP contribution in [0.1, 0.15) is 126 Å². The topological polar surface area (TPSA) is 6.48 Å². The van der Waals surface area contributed by atoms with E-state index in [0.29, 0.717) is 0 Å². The fraction of sp³-hybridized carbons (Fsp3) is 0.526. The Balaban J connectivity index is 1.52. The van der Waals surface area contributed by atoms with Gasteiger partial charge in [-0.2, -0.15) is 0 Å². The van der Waals surface area contributed by atoms with Crippen LogP contribution in [0.5, 0.6) is 0 Å². The molecule has 2 heteroatoms. The van der Waals surface area contributed by atoms with E-state index in [1.807, 2.05) is 0 Å². The number of fused-ring (bicyclic) bond motifs is 4. The van der Waals surface area contributed by atoms with E-state index in [0.717, 1.165) is 0 Å². The van der Waals surface area contributed by atoms with E-state index in [-0.39, 0.29) is 10.8 Å². The Morgan fingerprint density at radius 1 is 0.475 bits per heavy atom. The molecule has 0 radical (unpaired) electrons. The SMILES string of the molecule is CCCCCCc1ccc2c(c1)C(C)(C)c1cc3c(cc1N2C)C(C)(C)c1cc(CCCCCC)ccc1N3C. The first-order chi connectivity index (χ1) is 19.1. The standard InChI is InChI=1S/C38H52N2/c1-9-11-13-15-17-27-19-21-33-29(23-27)37(3,4)31-25-36-32(26-35(31)39(33)7)38(5,6)30-24-28(18-16-14-12-10-2)20-22-34(30)40(36)8/h19-26H,9-18H2,1-8H3. The van der Waals surface area contributed by atoms with Crippen molar-refractivity contribution in [2.75, 3.05) is 23.9 Å². The number of benzene rings is 3. The molecule has 3 aromatic rings. The van der Waals surface area contributed by atoms with Crippen LogP contribution in [-0.4, -0.2) is 14.1 Å². The van der Waals surface area contributed by atoms with Crippen molar-refractivity contribution in [2.45, 2.75) is 117 Å². The van der Waals surface area contributed by atoms with E-state index >= 15 is 0 Å². The maximum Gasteiger partial charge on any atom is 0.0454 e. The van der Waals surface area contributed by atoms with Crippen LogP contribution in [0, 0.1) is 0 Å². The predicted octanol–water partition coefficient (Wildman–Crippen LogP) is 10.7. The number of nitrogens with zero attached hydrogens (tertiary/aromatic N) is 2. The third-order valence-electron chi connectivity index (χ3n) is 10.0. The molecule has 40 heavy (non-hydrogen) atoms. The Bertz CT molecular complexity index is 1260. The molecule has 0 saturated carbocycles. The molecule has 3 aromatic carbocycles. The number of rotatable bonds is 10. The summed E-state index contributed by atoms with van der Waals surface area (Å²) in [4.78, 5) is 4.90. The molecule has 5 rings (SSSR count). The fourth-order valence-electron chi connectivity index (χ4n) is 7.26. The van der Waals surface area contributed by atoms with Crippen molar-refractivity contribution in [1.82, 2.24) is 0 Å². The second-order valence-corrected chi connectivity index (χ2v) is 13.6. The van der Waals surface area contributed by atoms with Crippen molar-refractivity contribution in [3.05, 3.63) is 81.9 Å². The third kappa shape index (κ3) is 4.97. The van der Waals surface area contributed by atoms with Crippen molar-refractivity contribution in [3.8, 4) is 0 Å². The molecule has 0 amide bonds. The number of hydrogen-bond donors (Lipinski definition) is 0. The molecule has 0 aromatic heterocycles. The summed E-state index contributed by atoms with van der Waals surface area (Å²) in [6.45, 7) is 14.3. The highest BCUT2D eigenvalue weighted by molar-refractivity contribution is 5.85. The van der Waals surface area contributed by atoms with Crippen LogP contribution in [-0.2, 0) is 23.7 Å². The van der Waals surface area contributed by atoms with Gasteiger partial charge in [-0.25, -0.2) is 0 Å². The first kappa shape index (κ1) is 28.8. The van der Waals surface area contributed by atoms with Gasteiger partial charge < -0.3 is 9.80 Å². The van der Waals surface area contributed by atoms with Gasteiger partial charge in [-0.15, -0.1) is 0 Å². The zero-order valence-electron chi connectivity index (χ0n) is 26.6. The normalized spacial score (nSPS) is 16.3. The molecule has 0 unspecified atom stereocenters. The van der Waals surface area contributed by atoms with Gasteiger partial charge in [-0.05, 0) is 83.3 Å². The summed E-state index contributed by atoms with van der Waals surface area (Å²) in [6.07, 6.45) is 12.8. The summed E-state index contributed by atoms with van der Waals surface area (Å²) in [5, 5.41) is 0. The average molecular weight is 537 g/mol. The lowest BCUT2D eigenvalue weighted by molar-refractivity contribution is 0.609. The average Bonchev–Trinajstić information content (AvgIpc) is 2.95. The van der Waals surface area contributed by atoms with Gasteiger partial charge >= 0.3 is 0 Å². The molecular weight excluding hydrogens is 484 g/mol. The lowest BCUT2D eigenvalue weighted by atomic mass is 9.68. The highest BCUT2D eigenvalue weighted by Gasteiger charge is 2.41. The first-order valence-electron chi connectivity index (χ1n) is 16.0. The van der Waals surface area contributed by atoms with Crippen LogP contribution in [0.3, 0.4) is 0 Å². The van der Waals surface area contributed by atoms with Gasteiger partial charge in [0.15, 0.2) is 0 Å². The van der Waals surface area contributed by atoms with Crippen molar-refractivity contribution >= 4 is 22.7 Å². The molecule has 0 spiro atoms. The highest BCUT2D eigenvalue weighted by atomic mass is 15.1. The zero-order valence-corrected chi connectivity index (χ0v) is 26.6. The zero-order chi connectivity index (χ0) is 28.7. The third-order valence-corrected chi connectivity index (χ3v) is 10.0. The monoisotopic (exact) mass is 536 g/mol. The Hall–Kier alpha value is -2.74. The number of hydrogen-bond acceptors (Lipinski definition) is 2. The molecule has 0 atom stereocenters. The molecule has 2 nitrogen and oxygen atoms in total. The summed E-state index contributed by atoms with van der Waals surface area (Å²) >= 11 is 0. The van der Waals surface area contributed by atoms with Crippen LogP contribution >= 0.6 is 0 Å². The summed E-state index contributed by atoms with van der Waals surface area (Å²) in [5.41, 5.74) is 14.1. The molecule has 0 aliphatic carbocycles. The summed E-state index contributed by atoms with van der Waals surface area (Å²) in [7, 11) is 4.53. The fourth-order valence-corrected chi connectivity index (χ4v) is 7.26. The molecule has 0 N–H and O–H groups in total. The minimum atomic E-state index is -0.0563. The Morgan fingerprint density at radius 2 is 0.850 bits per heavy atom. The highest BCUT2D eigenvalue weighted by Crippen LogP contribution is 2.55. The summed E-state index contributed by atoms with van der Waals surface area (Å²) in [5.74, 6) is 0. The number of unbranched alkanes of at least 4 members (excludes halogenated alkanes) is 6. The molecule has 0 bridgehead atoms. The Morgan fingerprint density at radius 3 is 1.23 bits per heavy atom. The van der Waals surface area contributed by atoms with Crippen LogP contribution in [0.25, 0.3) is 0 Å². The molecule has 0 saturated heterocycles. The molecule has 2 aliphatic heterocycles. The van der Waals surface area contributed by atoms with Crippen LogP contribution < -0.4 is 9.80 Å². The van der Waals surface area contributed by atoms with Crippen LogP contribution in [0.15, 0.2) is 48.5 Å². The lowest BCUT2D eigenvalue weighted by Gasteiger charge is -2.45. The minimum Gasteiger partial charge on any atom is -0.344 e. The van der Waals surface area contributed by atoms with Gasteiger partial charge in [0, 0.05) is 47.7 Å². The second-order valence-electron chi connectivity index (χ2n) is 13.6. The smallest absolute Gasteiger partial charge is 0.0454 e. The molecule has 0 fully saturated rings. The van der Waals surface area contributed by atoms with Crippen molar-refractivity contribution in [2.24, 2.45) is 0 Å². The number of anilines is 4. The van der Waals surface area contributed by atoms with Crippen molar-refractivity contribution < 1.29 is 0 Å². The maximum atomic E-state index is 2.52. The van der Waals surface area contributed by atoms with Gasteiger partial charge in [0.25, 0.3) is 0 Å². The van der Waals surface area contributed by atoms with E-state index in [4.69, 9.17) is 0 Å². The van der Waals surface area contributed by atoms with Gasteiger partial charge in [-0.1, -0.05) is 104 Å². The van der Waals surface area contributed by atoms with Gasteiger partial charge in [-0.3, -0.25) is 0 Å². The molecule has 2 heterocycles. The molecule has 2 aliphatic rings. The minimum absolute atomic E-state index is 0.0563. The quantitative estimate of drug-likeness (QED) is 0.238. The van der Waals surface area contributed by atoms with Crippen LogP contribution in [0.4, 0.5) is 22.7 Å². The Kier molecular flexibility index (Phi) is 8.10. The maximum absolute atomic E-state index is 2.52. The summed E-state index contributed by atoms with van der Waals surface area (Å²) < 4.78 is 0. The Labute approximate surface area is 244 Å². The van der Waals surface area contributed by atoms with E-state index in [1.54, 1.807) is 0 Å². The van der Waals surface area contributed by atoms with E-state index < -0.39 is 0 Å². The molecule has 214 valence electrons. The second kappa shape index (κ2) is 11.3. The van der Waals surface area contributed by atoms with Gasteiger partial charge in [0.2, 0.25) is 0 Å². The van der Waals surface area contributed by atoms with E-state index in [2.05, 4.69) is 114 Å².